The third-order valence-corrected chi connectivity index (χ3v) is 2.37. The molecule has 0 aromatic carbocycles. The molecule has 0 amide bonds. The van der Waals surface area contributed by atoms with Crippen molar-refractivity contribution in [3.63, 3.8) is 0 Å². The molecule has 3 N–H and O–H groups in total. The molecule has 2 rings (SSSR count). The third-order valence-electron chi connectivity index (χ3n) is 2.37. The minimum Gasteiger partial charge on any atom is -0.477 e. The molecule has 0 aliphatic rings. The molecular formula is C12H15N5O. The summed E-state index contributed by atoms with van der Waals surface area (Å²) >= 11 is 0. The summed E-state index contributed by atoms with van der Waals surface area (Å²) < 4.78 is 5.49. The number of hydrazine groups is 1. The minimum atomic E-state index is 0.472. The Morgan fingerprint density at radius 2 is 2.00 bits per heavy atom. The van der Waals surface area contributed by atoms with Gasteiger partial charge in [-0.3, -0.25) is 9.97 Å². The fourth-order valence-corrected chi connectivity index (χ4v) is 1.49. The Morgan fingerprint density at radius 1 is 1.17 bits per heavy atom. The zero-order valence-electron chi connectivity index (χ0n) is 9.91. The van der Waals surface area contributed by atoms with Crippen molar-refractivity contribution in [3.05, 3.63) is 42.5 Å². The second-order valence-electron chi connectivity index (χ2n) is 3.69. The van der Waals surface area contributed by atoms with Crippen molar-refractivity contribution >= 4 is 5.82 Å². The number of hydrogen-bond donors (Lipinski definition) is 2. The molecule has 18 heavy (non-hydrogen) atoms. The van der Waals surface area contributed by atoms with Gasteiger partial charge in [-0.15, -0.1) is 0 Å². The first-order valence-corrected chi connectivity index (χ1v) is 5.69. The Kier molecular flexibility index (Phi) is 4.43. The Hall–Kier alpha value is -2.21. The summed E-state index contributed by atoms with van der Waals surface area (Å²) in [5.74, 6) is 6.20. The monoisotopic (exact) mass is 245 g/mol. The SMILES string of the molecule is NNc1cncc(OCCCc2ccncc2)n1. The van der Waals surface area contributed by atoms with E-state index >= 15 is 0 Å². The van der Waals surface area contributed by atoms with E-state index in [-0.39, 0.29) is 0 Å². The highest BCUT2D eigenvalue weighted by atomic mass is 16.5. The Morgan fingerprint density at radius 3 is 2.78 bits per heavy atom. The molecule has 0 unspecified atom stereocenters. The van der Waals surface area contributed by atoms with Crippen LogP contribution in [0.15, 0.2) is 36.9 Å². The molecule has 2 heterocycles. The summed E-state index contributed by atoms with van der Waals surface area (Å²) in [7, 11) is 0. The Bertz CT molecular complexity index is 477. The quantitative estimate of drug-likeness (QED) is 0.451. The maximum atomic E-state index is 5.49. The standard InChI is InChI=1S/C12H15N5O/c13-17-11-8-15-9-12(16-11)18-7-1-2-10-3-5-14-6-4-10/h3-6,8-9H,1-2,7,13H2,(H,16,17). The summed E-state index contributed by atoms with van der Waals surface area (Å²) in [6, 6.07) is 4.00. The van der Waals surface area contributed by atoms with Crippen LogP contribution in [0, 0.1) is 0 Å². The maximum Gasteiger partial charge on any atom is 0.234 e. The lowest BCUT2D eigenvalue weighted by Gasteiger charge is -2.06. The van der Waals surface area contributed by atoms with E-state index in [1.807, 2.05) is 12.1 Å². The number of pyridine rings is 1. The lowest BCUT2D eigenvalue weighted by atomic mass is 10.1. The van der Waals surface area contributed by atoms with Gasteiger partial charge in [-0.05, 0) is 30.5 Å². The number of ether oxygens (including phenoxy) is 1. The second kappa shape index (κ2) is 6.51. The van der Waals surface area contributed by atoms with Crippen molar-refractivity contribution in [3.8, 4) is 5.88 Å². The molecule has 94 valence electrons. The lowest BCUT2D eigenvalue weighted by Crippen LogP contribution is -2.10. The van der Waals surface area contributed by atoms with Crippen LogP contribution >= 0.6 is 0 Å². The van der Waals surface area contributed by atoms with Crippen LogP contribution < -0.4 is 16.0 Å². The number of nitrogens with zero attached hydrogens (tertiary/aromatic N) is 3. The van der Waals surface area contributed by atoms with Crippen molar-refractivity contribution in [1.29, 1.82) is 0 Å². The second-order valence-corrected chi connectivity index (χ2v) is 3.69. The van der Waals surface area contributed by atoms with Crippen LogP contribution in [-0.4, -0.2) is 21.6 Å². The highest BCUT2D eigenvalue weighted by Crippen LogP contribution is 2.08. The summed E-state index contributed by atoms with van der Waals surface area (Å²) in [6.07, 6.45) is 8.53. The zero-order chi connectivity index (χ0) is 12.6. The van der Waals surface area contributed by atoms with Crippen LogP contribution in [0.1, 0.15) is 12.0 Å². The van der Waals surface area contributed by atoms with Crippen molar-refractivity contribution in [2.45, 2.75) is 12.8 Å². The average molecular weight is 245 g/mol. The summed E-state index contributed by atoms with van der Waals surface area (Å²) in [6.45, 7) is 0.588. The highest BCUT2D eigenvalue weighted by Gasteiger charge is 1.98. The molecule has 0 atom stereocenters. The summed E-state index contributed by atoms with van der Waals surface area (Å²) in [5.41, 5.74) is 3.67. The molecule has 0 aliphatic carbocycles. The van der Waals surface area contributed by atoms with Gasteiger partial charge in [0.1, 0.15) is 0 Å². The molecule has 0 aliphatic heterocycles. The molecule has 0 radical (unpaired) electrons. The van der Waals surface area contributed by atoms with E-state index in [2.05, 4.69) is 20.4 Å². The van der Waals surface area contributed by atoms with Gasteiger partial charge in [0.15, 0.2) is 5.82 Å². The molecule has 0 saturated heterocycles. The van der Waals surface area contributed by atoms with E-state index < -0.39 is 0 Å². The number of nitrogens with one attached hydrogen (secondary N) is 1. The van der Waals surface area contributed by atoms with Crippen LogP contribution in [-0.2, 0) is 6.42 Å². The van der Waals surface area contributed by atoms with Crippen LogP contribution in [0.4, 0.5) is 5.82 Å². The normalized spacial score (nSPS) is 10.1. The largest absolute Gasteiger partial charge is 0.477 e. The van der Waals surface area contributed by atoms with Crippen LogP contribution in [0.2, 0.25) is 0 Å². The van der Waals surface area contributed by atoms with E-state index in [0.29, 0.717) is 18.3 Å². The fourth-order valence-electron chi connectivity index (χ4n) is 1.49. The van der Waals surface area contributed by atoms with Gasteiger partial charge in [0.2, 0.25) is 5.88 Å². The minimum absolute atomic E-state index is 0.472. The number of nitrogens with two attached hydrogens (primary N) is 1. The van der Waals surface area contributed by atoms with Gasteiger partial charge < -0.3 is 10.2 Å². The molecule has 2 aromatic rings. The number of anilines is 1. The van der Waals surface area contributed by atoms with Crippen LogP contribution in [0.5, 0.6) is 5.88 Å². The van der Waals surface area contributed by atoms with E-state index in [1.54, 1.807) is 18.6 Å². The van der Waals surface area contributed by atoms with Gasteiger partial charge in [0.05, 0.1) is 19.0 Å². The van der Waals surface area contributed by atoms with Gasteiger partial charge in [0.25, 0.3) is 0 Å². The molecule has 2 aromatic heterocycles. The molecule has 0 bridgehead atoms. The van der Waals surface area contributed by atoms with E-state index in [4.69, 9.17) is 10.6 Å². The predicted molar refractivity (Wildman–Crippen MR) is 67.9 cm³/mol. The fraction of sp³-hybridized carbons (Fsp3) is 0.250. The van der Waals surface area contributed by atoms with Crippen LogP contribution in [0.25, 0.3) is 0 Å². The van der Waals surface area contributed by atoms with E-state index in [9.17, 15) is 0 Å². The first-order chi connectivity index (χ1) is 8.88. The number of aryl methyl sites for hydroxylation is 1. The van der Waals surface area contributed by atoms with E-state index in [1.165, 1.54) is 11.8 Å². The summed E-state index contributed by atoms with van der Waals surface area (Å²) in [4.78, 5) is 12.0. The number of rotatable bonds is 6. The third kappa shape index (κ3) is 3.67. The number of nitrogen functional groups attached to an aromatic ring is 1. The van der Waals surface area contributed by atoms with Crippen molar-refractivity contribution < 1.29 is 4.74 Å². The molecule has 0 fully saturated rings. The van der Waals surface area contributed by atoms with Crippen LogP contribution in [0.3, 0.4) is 0 Å². The topological polar surface area (TPSA) is 86.0 Å². The highest BCUT2D eigenvalue weighted by molar-refractivity contribution is 5.31. The van der Waals surface area contributed by atoms with Gasteiger partial charge in [-0.2, -0.15) is 4.98 Å². The van der Waals surface area contributed by atoms with Gasteiger partial charge in [0, 0.05) is 12.4 Å². The van der Waals surface area contributed by atoms with E-state index in [0.717, 1.165) is 12.8 Å². The van der Waals surface area contributed by atoms with Crippen molar-refractivity contribution in [1.82, 2.24) is 15.0 Å². The van der Waals surface area contributed by atoms with Crippen molar-refractivity contribution in [2.24, 2.45) is 5.84 Å². The molecule has 0 saturated carbocycles. The molecule has 6 nitrogen and oxygen atoms in total. The summed E-state index contributed by atoms with van der Waals surface area (Å²) in [5, 5.41) is 0. The average Bonchev–Trinajstić information content (AvgIpc) is 2.45. The smallest absolute Gasteiger partial charge is 0.234 e. The number of aromatic nitrogens is 3. The maximum absolute atomic E-state index is 5.49. The molecule has 0 spiro atoms. The lowest BCUT2D eigenvalue weighted by molar-refractivity contribution is 0.298. The first kappa shape index (κ1) is 12.3. The number of hydrogen-bond acceptors (Lipinski definition) is 6. The predicted octanol–water partition coefficient (Wildman–Crippen LogP) is 1.17. The van der Waals surface area contributed by atoms with Gasteiger partial charge >= 0.3 is 0 Å². The zero-order valence-corrected chi connectivity index (χ0v) is 9.91. The Labute approximate surface area is 105 Å². The Balaban J connectivity index is 1.75. The van der Waals surface area contributed by atoms with Crippen molar-refractivity contribution in [2.75, 3.05) is 12.0 Å². The molecular weight excluding hydrogens is 230 g/mol. The van der Waals surface area contributed by atoms with Gasteiger partial charge in [-0.25, -0.2) is 5.84 Å². The molecule has 6 heteroatoms. The van der Waals surface area contributed by atoms with Gasteiger partial charge in [-0.1, -0.05) is 0 Å². The first-order valence-electron chi connectivity index (χ1n) is 5.69.